The lowest BCUT2D eigenvalue weighted by Crippen LogP contribution is -2.48. The third-order valence-corrected chi connectivity index (χ3v) is 5.88. The summed E-state index contributed by atoms with van der Waals surface area (Å²) in [6.45, 7) is 1.14. The second-order valence-corrected chi connectivity index (χ2v) is 7.76. The van der Waals surface area contributed by atoms with E-state index in [4.69, 9.17) is 0 Å². The number of halogens is 1. The first kappa shape index (κ1) is 17.9. The number of nitrogens with zero attached hydrogens (tertiary/aromatic N) is 1. The zero-order valence-corrected chi connectivity index (χ0v) is 15.5. The molecule has 0 atom stereocenters. The Morgan fingerprint density at radius 3 is 2.19 bits per heavy atom. The molecule has 2 aromatic carbocycles. The van der Waals surface area contributed by atoms with Crippen LogP contribution in [0.4, 0.5) is 4.39 Å². The van der Waals surface area contributed by atoms with Crippen molar-refractivity contribution in [2.24, 2.45) is 0 Å². The highest BCUT2D eigenvalue weighted by Gasteiger charge is 2.43. The molecule has 2 aromatic rings. The Hall–Kier alpha value is -2.49. The lowest BCUT2D eigenvalue weighted by Gasteiger charge is -2.44. The summed E-state index contributed by atoms with van der Waals surface area (Å²) in [5, 5.41) is 0. The largest absolute Gasteiger partial charge is 0.333 e. The Morgan fingerprint density at radius 1 is 0.963 bits per heavy atom. The summed E-state index contributed by atoms with van der Waals surface area (Å²) >= 11 is 0. The van der Waals surface area contributed by atoms with Gasteiger partial charge in [-0.05, 0) is 61.8 Å². The molecule has 4 heteroatoms. The van der Waals surface area contributed by atoms with E-state index in [0.717, 1.165) is 25.7 Å². The summed E-state index contributed by atoms with van der Waals surface area (Å²) in [5.74, 6) is 0.00731. The number of benzene rings is 2. The fourth-order valence-corrected chi connectivity index (χ4v) is 4.12. The molecule has 2 aliphatic carbocycles. The minimum absolute atomic E-state index is 0.0324. The van der Waals surface area contributed by atoms with Crippen molar-refractivity contribution in [2.75, 3.05) is 6.67 Å². The van der Waals surface area contributed by atoms with Gasteiger partial charge >= 0.3 is 0 Å². The summed E-state index contributed by atoms with van der Waals surface area (Å²) < 4.78 is 12.5. The van der Waals surface area contributed by atoms with Gasteiger partial charge in [0.15, 0.2) is 12.5 Å². The molecular weight excluding hydrogens is 341 g/mol. The van der Waals surface area contributed by atoms with Crippen LogP contribution in [-0.2, 0) is 0 Å². The molecule has 2 fully saturated rings. The zero-order chi connectivity index (χ0) is 19.0. The second kappa shape index (κ2) is 7.26. The monoisotopic (exact) mass is 365 g/mol. The third-order valence-electron chi connectivity index (χ3n) is 5.88. The van der Waals surface area contributed by atoms with Crippen LogP contribution in [0, 0.1) is 6.92 Å². The lowest BCUT2D eigenvalue weighted by atomic mass is 9.73. The van der Waals surface area contributed by atoms with E-state index in [-0.39, 0.29) is 11.9 Å². The zero-order valence-electron chi connectivity index (χ0n) is 15.5. The van der Waals surface area contributed by atoms with Gasteiger partial charge in [-0.1, -0.05) is 36.4 Å². The molecule has 0 bridgehead atoms. The summed E-state index contributed by atoms with van der Waals surface area (Å²) in [6, 6.07) is 15.5. The van der Waals surface area contributed by atoms with Crippen molar-refractivity contribution in [3.8, 4) is 0 Å². The Kier molecular flexibility index (Phi) is 4.81. The standard InChI is InChI=1S/C23H24FNO2/c1-15-4-2-3-5-21(15)18-12-20(13-18)25(19-10-11-19)23(27)17-8-6-16(7-9-17)22(26)14-24/h2-9,18-20H,10-14H2,1H3. The van der Waals surface area contributed by atoms with E-state index >= 15 is 0 Å². The van der Waals surface area contributed by atoms with Crippen LogP contribution in [0.3, 0.4) is 0 Å². The Bertz CT molecular complexity index is 851. The third kappa shape index (κ3) is 3.53. The maximum atomic E-state index is 13.1. The predicted molar refractivity (Wildman–Crippen MR) is 103 cm³/mol. The van der Waals surface area contributed by atoms with E-state index in [0.29, 0.717) is 23.1 Å². The van der Waals surface area contributed by atoms with Gasteiger partial charge in [0.05, 0.1) is 0 Å². The van der Waals surface area contributed by atoms with Gasteiger partial charge < -0.3 is 4.90 Å². The van der Waals surface area contributed by atoms with Gasteiger partial charge in [-0.3, -0.25) is 9.59 Å². The van der Waals surface area contributed by atoms with Crippen molar-refractivity contribution in [3.05, 3.63) is 70.8 Å². The van der Waals surface area contributed by atoms with Crippen molar-refractivity contribution in [2.45, 2.75) is 50.6 Å². The Labute approximate surface area is 159 Å². The SMILES string of the molecule is Cc1ccccc1C1CC(N(C(=O)c2ccc(C(=O)CF)cc2)C2CC2)C1. The highest BCUT2D eigenvalue weighted by Crippen LogP contribution is 2.44. The molecule has 0 radical (unpaired) electrons. The number of aryl methyl sites for hydroxylation is 1. The molecular formula is C23H24FNO2. The summed E-state index contributed by atoms with van der Waals surface area (Å²) in [4.78, 5) is 26.6. The number of hydrogen-bond donors (Lipinski definition) is 0. The molecule has 0 aromatic heterocycles. The number of Topliss-reactive ketones (excluding diaryl/α,β-unsaturated/α-hetero) is 1. The number of amides is 1. The van der Waals surface area contributed by atoms with E-state index in [1.54, 1.807) is 24.3 Å². The molecule has 0 unspecified atom stereocenters. The molecule has 4 rings (SSSR count). The molecule has 2 aliphatic rings. The fourth-order valence-electron chi connectivity index (χ4n) is 4.12. The molecule has 2 saturated carbocycles. The maximum absolute atomic E-state index is 13.1. The van der Waals surface area contributed by atoms with Crippen molar-refractivity contribution >= 4 is 11.7 Å². The molecule has 0 aliphatic heterocycles. The fraction of sp³-hybridized carbons (Fsp3) is 0.391. The topological polar surface area (TPSA) is 37.4 Å². The number of rotatable bonds is 6. The average molecular weight is 365 g/mol. The molecule has 27 heavy (non-hydrogen) atoms. The quantitative estimate of drug-likeness (QED) is 0.696. The number of hydrogen-bond acceptors (Lipinski definition) is 2. The van der Waals surface area contributed by atoms with Gasteiger partial charge in [-0.25, -0.2) is 4.39 Å². The van der Waals surface area contributed by atoms with E-state index in [2.05, 4.69) is 36.1 Å². The van der Waals surface area contributed by atoms with Crippen LogP contribution in [0.2, 0.25) is 0 Å². The smallest absolute Gasteiger partial charge is 0.254 e. The van der Waals surface area contributed by atoms with Crippen LogP contribution in [-0.4, -0.2) is 35.3 Å². The maximum Gasteiger partial charge on any atom is 0.254 e. The molecule has 140 valence electrons. The van der Waals surface area contributed by atoms with Gasteiger partial charge in [-0.2, -0.15) is 0 Å². The van der Waals surface area contributed by atoms with Gasteiger partial charge in [0.1, 0.15) is 0 Å². The van der Waals surface area contributed by atoms with E-state index in [1.807, 2.05) is 0 Å². The Balaban J connectivity index is 1.47. The van der Waals surface area contributed by atoms with Crippen LogP contribution in [0.15, 0.2) is 48.5 Å². The molecule has 0 spiro atoms. The highest BCUT2D eigenvalue weighted by molar-refractivity contribution is 5.99. The molecule has 3 nitrogen and oxygen atoms in total. The summed E-state index contributed by atoms with van der Waals surface area (Å²) in [7, 11) is 0. The van der Waals surface area contributed by atoms with Gasteiger partial charge in [0.25, 0.3) is 5.91 Å². The van der Waals surface area contributed by atoms with E-state index in [1.165, 1.54) is 11.1 Å². The minimum atomic E-state index is -1.01. The van der Waals surface area contributed by atoms with E-state index in [9.17, 15) is 14.0 Å². The van der Waals surface area contributed by atoms with Crippen molar-refractivity contribution in [1.29, 1.82) is 0 Å². The van der Waals surface area contributed by atoms with Crippen LogP contribution in [0.25, 0.3) is 0 Å². The number of carbonyl (C=O) groups excluding carboxylic acids is 2. The summed E-state index contributed by atoms with van der Waals surface area (Å²) in [6.07, 6.45) is 4.14. The first-order valence-electron chi connectivity index (χ1n) is 9.66. The molecule has 1 amide bonds. The molecule has 0 N–H and O–H groups in total. The van der Waals surface area contributed by atoms with E-state index < -0.39 is 12.5 Å². The van der Waals surface area contributed by atoms with Crippen molar-refractivity contribution < 1.29 is 14.0 Å². The lowest BCUT2D eigenvalue weighted by molar-refractivity contribution is 0.0516. The van der Waals surface area contributed by atoms with Crippen LogP contribution < -0.4 is 0 Å². The molecule has 0 heterocycles. The van der Waals surface area contributed by atoms with Gasteiger partial charge in [0.2, 0.25) is 0 Å². The van der Waals surface area contributed by atoms with Crippen LogP contribution >= 0.6 is 0 Å². The Morgan fingerprint density at radius 2 is 1.59 bits per heavy atom. The number of alkyl halides is 1. The van der Waals surface area contributed by atoms with Crippen LogP contribution in [0.5, 0.6) is 0 Å². The number of carbonyl (C=O) groups is 2. The second-order valence-electron chi connectivity index (χ2n) is 7.76. The first-order valence-corrected chi connectivity index (χ1v) is 9.66. The first-order chi connectivity index (χ1) is 13.1. The number of ketones is 1. The molecule has 0 saturated heterocycles. The average Bonchev–Trinajstić information content (AvgIpc) is 3.49. The normalized spacial score (nSPS) is 21.4. The van der Waals surface area contributed by atoms with Crippen molar-refractivity contribution in [3.63, 3.8) is 0 Å². The minimum Gasteiger partial charge on any atom is -0.333 e. The van der Waals surface area contributed by atoms with Gasteiger partial charge in [0, 0.05) is 23.2 Å². The predicted octanol–water partition coefficient (Wildman–Crippen LogP) is 4.70. The summed E-state index contributed by atoms with van der Waals surface area (Å²) in [5.41, 5.74) is 3.61. The van der Waals surface area contributed by atoms with Gasteiger partial charge in [-0.15, -0.1) is 0 Å². The van der Waals surface area contributed by atoms with Crippen molar-refractivity contribution in [1.82, 2.24) is 4.90 Å². The van der Waals surface area contributed by atoms with Crippen LogP contribution in [0.1, 0.15) is 63.4 Å². The highest BCUT2D eigenvalue weighted by atomic mass is 19.1.